The Morgan fingerprint density at radius 3 is 1.91 bits per heavy atom. The van der Waals surface area contributed by atoms with Gasteiger partial charge < -0.3 is 4.74 Å². The van der Waals surface area contributed by atoms with E-state index in [4.69, 9.17) is 9.84 Å². The number of nitro benzene ring substituents is 1. The third-order valence-corrected chi connectivity index (χ3v) is 7.84. The predicted octanol–water partition coefficient (Wildman–Crippen LogP) is 7.23. The van der Waals surface area contributed by atoms with Gasteiger partial charge in [0.2, 0.25) is 0 Å². The Labute approximate surface area is 254 Å². The average Bonchev–Trinajstić information content (AvgIpc) is 3.44. The second-order valence-electron chi connectivity index (χ2n) is 10.3. The normalized spacial score (nSPS) is 11.6. The maximum Gasteiger partial charge on any atom is 0.330 e. The van der Waals surface area contributed by atoms with E-state index in [1.165, 1.54) is 25.3 Å². The van der Waals surface area contributed by atoms with Crippen molar-refractivity contribution in [2.24, 2.45) is 0 Å². The zero-order valence-electron chi connectivity index (χ0n) is 23.9. The van der Waals surface area contributed by atoms with Crippen LogP contribution in [0.5, 0.6) is 0 Å². The molecule has 4 aromatic carbocycles. The number of hydrogen-bond donors (Lipinski definition) is 0. The van der Waals surface area contributed by atoms with Crippen molar-refractivity contribution in [3.8, 4) is 11.3 Å². The summed E-state index contributed by atoms with van der Waals surface area (Å²) in [6.07, 6.45) is 5.95. The molecule has 44 heavy (non-hydrogen) atoms. The first-order chi connectivity index (χ1) is 21.5. The van der Waals surface area contributed by atoms with Gasteiger partial charge in [-0.1, -0.05) is 91.0 Å². The molecule has 0 unspecified atom stereocenters. The van der Waals surface area contributed by atoms with Gasteiger partial charge in [0.15, 0.2) is 0 Å². The minimum Gasteiger partial charge on any atom is -0.466 e. The lowest BCUT2D eigenvalue weighted by atomic mass is 9.69. The van der Waals surface area contributed by atoms with Gasteiger partial charge in [-0.25, -0.2) is 4.79 Å². The van der Waals surface area contributed by atoms with Crippen LogP contribution in [0.4, 0.5) is 5.69 Å². The van der Waals surface area contributed by atoms with Gasteiger partial charge in [0.1, 0.15) is 5.69 Å². The number of carbonyl (C=O) groups is 1. The third kappa shape index (κ3) is 5.25. The Hall–Kier alpha value is -5.89. The summed E-state index contributed by atoms with van der Waals surface area (Å²) in [5.74, 6) is -0.609. The van der Waals surface area contributed by atoms with E-state index in [-0.39, 0.29) is 11.3 Å². The number of hydrogen-bond acceptors (Lipinski definition) is 6. The fraction of sp³-hybridized carbons (Fsp3) is 0.0833. The standard InChI is InChI=1S/C36H28N4O4/c1-44-34(41)18-17-27-23-31-33(24-32(27)40(42)43)39(38-35(31)26-19-21-37-22-20-26)25-36(28-11-5-2-6-12-28,29-13-7-3-8-14-29)30-15-9-4-10-16-30/h2-24H,25H2,1H3. The fourth-order valence-electron chi connectivity index (χ4n) is 5.75. The first kappa shape index (κ1) is 28.2. The largest absolute Gasteiger partial charge is 0.466 e. The molecule has 8 heteroatoms. The molecule has 0 N–H and O–H groups in total. The average molecular weight is 581 g/mol. The van der Waals surface area contributed by atoms with Gasteiger partial charge in [-0.05, 0) is 41.0 Å². The molecule has 0 bridgehead atoms. The van der Waals surface area contributed by atoms with E-state index in [0.29, 0.717) is 23.1 Å². The highest BCUT2D eigenvalue weighted by molar-refractivity contribution is 5.98. The number of rotatable bonds is 9. The van der Waals surface area contributed by atoms with E-state index >= 15 is 0 Å². The monoisotopic (exact) mass is 580 g/mol. The molecule has 0 aliphatic heterocycles. The van der Waals surface area contributed by atoms with E-state index in [9.17, 15) is 14.9 Å². The van der Waals surface area contributed by atoms with Gasteiger partial charge in [-0.3, -0.25) is 19.8 Å². The number of fused-ring (bicyclic) bond motifs is 1. The lowest BCUT2D eigenvalue weighted by Crippen LogP contribution is -2.35. The van der Waals surface area contributed by atoms with Crippen molar-refractivity contribution in [3.63, 3.8) is 0 Å². The van der Waals surface area contributed by atoms with Crippen molar-refractivity contribution in [2.75, 3.05) is 7.11 Å². The molecule has 2 heterocycles. The zero-order valence-corrected chi connectivity index (χ0v) is 23.9. The quantitative estimate of drug-likeness (QED) is 0.0588. The number of carbonyl (C=O) groups excluding carboxylic acids is 1. The van der Waals surface area contributed by atoms with Crippen LogP contribution < -0.4 is 0 Å². The van der Waals surface area contributed by atoms with Crippen LogP contribution in [0.1, 0.15) is 22.3 Å². The van der Waals surface area contributed by atoms with Gasteiger partial charge in [0.05, 0.1) is 35.1 Å². The molecular formula is C36H28N4O4. The van der Waals surface area contributed by atoms with Gasteiger partial charge in [-0.15, -0.1) is 0 Å². The Morgan fingerprint density at radius 2 is 1.41 bits per heavy atom. The molecule has 0 saturated carbocycles. The predicted molar refractivity (Wildman–Crippen MR) is 170 cm³/mol. The van der Waals surface area contributed by atoms with Crippen LogP contribution in [0.15, 0.2) is 134 Å². The summed E-state index contributed by atoms with van der Waals surface area (Å²) in [5.41, 5.74) is 4.63. The molecule has 0 amide bonds. The number of pyridine rings is 1. The van der Waals surface area contributed by atoms with Crippen LogP contribution in [0.2, 0.25) is 0 Å². The molecule has 0 radical (unpaired) electrons. The molecule has 2 aromatic heterocycles. The zero-order chi connectivity index (χ0) is 30.5. The number of nitrogens with zero attached hydrogens (tertiary/aromatic N) is 4. The lowest BCUT2D eigenvalue weighted by Gasteiger charge is -2.36. The lowest BCUT2D eigenvalue weighted by molar-refractivity contribution is -0.385. The van der Waals surface area contributed by atoms with Crippen molar-refractivity contribution in [2.45, 2.75) is 12.0 Å². The maximum absolute atomic E-state index is 12.3. The molecule has 8 nitrogen and oxygen atoms in total. The minimum atomic E-state index is -0.698. The topological polar surface area (TPSA) is 100 Å². The van der Waals surface area contributed by atoms with Crippen molar-refractivity contribution < 1.29 is 14.5 Å². The SMILES string of the molecule is COC(=O)C=Cc1cc2c(-c3ccncc3)nn(CC(c3ccccc3)(c3ccccc3)c3ccccc3)c2cc1[N+](=O)[O-]. The van der Waals surface area contributed by atoms with E-state index in [1.807, 2.05) is 71.4 Å². The van der Waals surface area contributed by atoms with E-state index in [1.54, 1.807) is 18.5 Å². The first-order valence-corrected chi connectivity index (χ1v) is 14.0. The number of ether oxygens (including phenoxy) is 1. The fourth-order valence-corrected chi connectivity index (χ4v) is 5.75. The molecule has 0 saturated heterocycles. The first-order valence-electron chi connectivity index (χ1n) is 14.0. The number of methoxy groups -OCH3 is 1. The molecule has 0 atom stereocenters. The van der Waals surface area contributed by atoms with Crippen LogP contribution in [0.3, 0.4) is 0 Å². The van der Waals surface area contributed by atoms with E-state index in [2.05, 4.69) is 41.4 Å². The summed E-state index contributed by atoms with van der Waals surface area (Å²) in [7, 11) is 1.26. The highest BCUT2D eigenvalue weighted by Gasteiger charge is 2.38. The summed E-state index contributed by atoms with van der Waals surface area (Å²) >= 11 is 0. The van der Waals surface area contributed by atoms with Gasteiger partial charge in [0, 0.05) is 35.5 Å². The van der Waals surface area contributed by atoms with Crippen LogP contribution in [0, 0.1) is 10.1 Å². The Balaban J connectivity index is 1.66. The second kappa shape index (κ2) is 12.1. The Bertz CT molecular complexity index is 1860. The van der Waals surface area contributed by atoms with Crippen molar-refractivity contribution >= 4 is 28.6 Å². The minimum absolute atomic E-state index is 0.148. The molecule has 0 fully saturated rings. The Kier molecular flexibility index (Phi) is 7.80. The van der Waals surface area contributed by atoms with Crippen LogP contribution in [0.25, 0.3) is 28.2 Å². The number of aromatic nitrogens is 3. The van der Waals surface area contributed by atoms with Crippen molar-refractivity contribution in [1.82, 2.24) is 14.8 Å². The van der Waals surface area contributed by atoms with Gasteiger partial charge in [0.25, 0.3) is 5.69 Å². The number of esters is 1. The van der Waals surface area contributed by atoms with Gasteiger partial charge in [-0.2, -0.15) is 5.10 Å². The van der Waals surface area contributed by atoms with Crippen LogP contribution in [-0.4, -0.2) is 32.8 Å². The Morgan fingerprint density at radius 1 is 0.864 bits per heavy atom. The van der Waals surface area contributed by atoms with Crippen LogP contribution in [-0.2, 0) is 21.5 Å². The molecule has 0 aliphatic rings. The molecular weight excluding hydrogens is 552 g/mol. The highest BCUT2D eigenvalue weighted by atomic mass is 16.6. The molecule has 6 aromatic rings. The summed E-state index contributed by atoms with van der Waals surface area (Å²) in [5, 5.41) is 18.2. The van der Waals surface area contributed by atoms with Crippen LogP contribution >= 0.6 is 0 Å². The summed E-state index contributed by atoms with van der Waals surface area (Å²) in [6, 6.07) is 37.7. The summed E-state index contributed by atoms with van der Waals surface area (Å²) in [4.78, 5) is 27.9. The number of benzene rings is 4. The smallest absolute Gasteiger partial charge is 0.330 e. The molecule has 0 spiro atoms. The van der Waals surface area contributed by atoms with Crippen molar-refractivity contribution in [1.29, 1.82) is 0 Å². The third-order valence-electron chi connectivity index (χ3n) is 7.84. The van der Waals surface area contributed by atoms with Crippen molar-refractivity contribution in [3.05, 3.63) is 166 Å². The molecule has 0 aliphatic carbocycles. The summed E-state index contributed by atoms with van der Waals surface area (Å²) in [6.45, 7) is 0.348. The maximum atomic E-state index is 12.3. The second-order valence-corrected chi connectivity index (χ2v) is 10.3. The van der Waals surface area contributed by atoms with Gasteiger partial charge >= 0.3 is 5.97 Å². The highest BCUT2D eigenvalue weighted by Crippen LogP contribution is 2.42. The van der Waals surface area contributed by atoms with E-state index in [0.717, 1.165) is 22.3 Å². The number of nitro groups is 1. The molecule has 6 rings (SSSR count). The summed E-state index contributed by atoms with van der Waals surface area (Å²) < 4.78 is 6.58. The van der Waals surface area contributed by atoms with E-state index < -0.39 is 16.3 Å². The molecule has 216 valence electrons.